The van der Waals surface area contributed by atoms with Crippen LogP contribution in [0.4, 0.5) is 27.6 Å². The molecule has 1 amide bonds. The zero-order valence-electron chi connectivity index (χ0n) is 8.94. The summed E-state index contributed by atoms with van der Waals surface area (Å²) in [5.74, 6) is -2.68. The SMILES string of the molecule is O=C(CNCC(F)(F)F)Nc1ccc(F)cc1F. The predicted molar refractivity (Wildman–Crippen MR) is 53.9 cm³/mol. The lowest BCUT2D eigenvalue weighted by molar-refractivity contribution is -0.126. The van der Waals surface area contributed by atoms with Crippen LogP contribution in [0.2, 0.25) is 0 Å². The van der Waals surface area contributed by atoms with Crippen molar-refractivity contribution < 1.29 is 26.7 Å². The van der Waals surface area contributed by atoms with Gasteiger partial charge in [0.1, 0.15) is 11.6 Å². The lowest BCUT2D eigenvalue weighted by atomic mass is 10.3. The van der Waals surface area contributed by atoms with Gasteiger partial charge >= 0.3 is 6.18 Å². The molecule has 1 rings (SSSR count). The van der Waals surface area contributed by atoms with Crippen LogP contribution in [0.1, 0.15) is 0 Å². The second-order valence-corrected chi connectivity index (χ2v) is 3.39. The minimum atomic E-state index is -4.43. The first-order chi connectivity index (χ1) is 8.28. The molecule has 8 heteroatoms. The molecule has 18 heavy (non-hydrogen) atoms. The molecule has 0 aliphatic carbocycles. The average molecular weight is 268 g/mol. The third kappa shape index (κ3) is 5.09. The van der Waals surface area contributed by atoms with E-state index in [1.54, 1.807) is 0 Å². The molecule has 0 bridgehead atoms. The molecule has 0 aromatic heterocycles. The molecule has 0 saturated carbocycles. The van der Waals surface area contributed by atoms with E-state index in [0.717, 1.165) is 12.1 Å². The van der Waals surface area contributed by atoms with Gasteiger partial charge in [-0.1, -0.05) is 0 Å². The van der Waals surface area contributed by atoms with Crippen LogP contribution in [0, 0.1) is 11.6 Å². The Morgan fingerprint density at radius 3 is 2.44 bits per heavy atom. The normalized spacial score (nSPS) is 11.4. The highest BCUT2D eigenvalue weighted by molar-refractivity contribution is 5.92. The van der Waals surface area contributed by atoms with Gasteiger partial charge in [-0.3, -0.25) is 4.79 Å². The van der Waals surface area contributed by atoms with E-state index in [0.29, 0.717) is 6.07 Å². The summed E-state index contributed by atoms with van der Waals surface area (Å²) in [4.78, 5) is 11.1. The molecular weight excluding hydrogens is 259 g/mol. The van der Waals surface area contributed by atoms with Crippen LogP contribution in [-0.2, 0) is 4.79 Å². The number of hydrogen-bond donors (Lipinski definition) is 2. The lowest BCUT2D eigenvalue weighted by Crippen LogP contribution is -2.35. The van der Waals surface area contributed by atoms with E-state index in [1.165, 1.54) is 0 Å². The Kier molecular flexibility index (Phi) is 4.60. The fourth-order valence-corrected chi connectivity index (χ4v) is 1.10. The number of carbonyl (C=O) groups is 1. The van der Waals surface area contributed by atoms with E-state index < -0.39 is 36.8 Å². The molecule has 0 fully saturated rings. The van der Waals surface area contributed by atoms with Gasteiger partial charge in [0, 0.05) is 6.07 Å². The molecule has 1 aromatic carbocycles. The summed E-state index contributed by atoms with van der Waals surface area (Å²) >= 11 is 0. The van der Waals surface area contributed by atoms with E-state index in [9.17, 15) is 26.7 Å². The molecular formula is C10H9F5N2O. The second-order valence-electron chi connectivity index (χ2n) is 3.39. The largest absolute Gasteiger partial charge is 0.401 e. The number of benzene rings is 1. The molecule has 2 N–H and O–H groups in total. The summed E-state index contributed by atoms with van der Waals surface area (Å²) in [6.45, 7) is -1.96. The molecule has 1 aromatic rings. The zero-order chi connectivity index (χ0) is 13.8. The van der Waals surface area contributed by atoms with Crippen LogP contribution in [0.3, 0.4) is 0 Å². The Morgan fingerprint density at radius 1 is 1.22 bits per heavy atom. The second kappa shape index (κ2) is 5.76. The predicted octanol–water partition coefficient (Wildman–Crippen LogP) is 2.06. The maximum atomic E-state index is 13.1. The molecule has 0 radical (unpaired) electrons. The Balaban J connectivity index is 2.45. The van der Waals surface area contributed by atoms with Crippen LogP contribution >= 0.6 is 0 Å². The maximum absolute atomic E-state index is 13.1. The lowest BCUT2D eigenvalue weighted by Gasteiger charge is -2.09. The Hall–Kier alpha value is -1.70. The molecule has 0 aliphatic rings. The van der Waals surface area contributed by atoms with E-state index in [-0.39, 0.29) is 5.69 Å². The number of rotatable bonds is 4. The molecule has 0 spiro atoms. The fraction of sp³-hybridized carbons (Fsp3) is 0.300. The van der Waals surface area contributed by atoms with E-state index >= 15 is 0 Å². The number of amides is 1. The summed E-state index contributed by atoms with van der Waals surface area (Å²) in [7, 11) is 0. The standard InChI is InChI=1S/C10H9F5N2O/c11-6-1-2-8(7(12)3-6)17-9(18)4-16-5-10(13,14)15/h1-3,16H,4-5H2,(H,17,18). The van der Waals surface area contributed by atoms with Gasteiger partial charge in [-0.15, -0.1) is 0 Å². The summed E-state index contributed by atoms with van der Waals surface area (Å²) in [6.07, 6.45) is -4.43. The number of halogens is 5. The van der Waals surface area contributed by atoms with Crippen molar-refractivity contribution in [2.75, 3.05) is 18.4 Å². The Morgan fingerprint density at radius 2 is 1.89 bits per heavy atom. The van der Waals surface area contributed by atoms with Crippen molar-refractivity contribution >= 4 is 11.6 Å². The van der Waals surface area contributed by atoms with Gasteiger partial charge in [0.05, 0.1) is 18.8 Å². The van der Waals surface area contributed by atoms with Crippen molar-refractivity contribution in [2.45, 2.75) is 6.18 Å². The van der Waals surface area contributed by atoms with Crippen molar-refractivity contribution in [3.63, 3.8) is 0 Å². The molecule has 0 heterocycles. The highest BCUT2D eigenvalue weighted by Crippen LogP contribution is 2.15. The minimum Gasteiger partial charge on any atom is -0.322 e. The third-order valence-corrected chi connectivity index (χ3v) is 1.82. The van der Waals surface area contributed by atoms with Gasteiger partial charge < -0.3 is 10.6 Å². The van der Waals surface area contributed by atoms with Crippen LogP contribution in [0.5, 0.6) is 0 Å². The van der Waals surface area contributed by atoms with Crippen molar-refractivity contribution in [2.24, 2.45) is 0 Å². The van der Waals surface area contributed by atoms with Gasteiger partial charge in [-0.25, -0.2) is 8.78 Å². The number of anilines is 1. The van der Waals surface area contributed by atoms with Gasteiger partial charge in [0.2, 0.25) is 5.91 Å². The topological polar surface area (TPSA) is 41.1 Å². The number of alkyl halides is 3. The highest BCUT2D eigenvalue weighted by atomic mass is 19.4. The van der Waals surface area contributed by atoms with E-state index in [1.807, 2.05) is 10.6 Å². The molecule has 3 nitrogen and oxygen atoms in total. The number of nitrogens with one attached hydrogen (secondary N) is 2. The maximum Gasteiger partial charge on any atom is 0.401 e. The summed E-state index contributed by atoms with van der Waals surface area (Å²) in [5, 5.41) is 3.86. The van der Waals surface area contributed by atoms with Crippen LogP contribution in [0.25, 0.3) is 0 Å². The van der Waals surface area contributed by atoms with Crippen molar-refractivity contribution in [1.29, 1.82) is 0 Å². The monoisotopic (exact) mass is 268 g/mol. The average Bonchev–Trinajstić information content (AvgIpc) is 2.20. The van der Waals surface area contributed by atoms with Gasteiger partial charge in [-0.2, -0.15) is 13.2 Å². The van der Waals surface area contributed by atoms with E-state index in [2.05, 4.69) is 0 Å². The summed E-state index contributed by atoms with van der Waals surface area (Å²) in [6, 6.07) is 2.45. The van der Waals surface area contributed by atoms with Gasteiger partial charge in [-0.05, 0) is 12.1 Å². The first kappa shape index (κ1) is 14.4. The molecule has 0 unspecified atom stereocenters. The van der Waals surface area contributed by atoms with Crippen molar-refractivity contribution in [1.82, 2.24) is 5.32 Å². The smallest absolute Gasteiger partial charge is 0.322 e. The van der Waals surface area contributed by atoms with E-state index in [4.69, 9.17) is 0 Å². The minimum absolute atomic E-state index is 0.296. The Bertz CT molecular complexity index is 433. The van der Waals surface area contributed by atoms with Crippen molar-refractivity contribution in [3.8, 4) is 0 Å². The van der Waals surface area contributed by atoms with Gasteiger partial charge in [0.25, 0.3) is 0 Å². The first-order valence-electron chi connectivity index (χ1n) is 4.80. The van der Waals surface area contributed by atoms with Gasteiger partial charge in [0.15, 0.2) is 0 Å². The zero-order valence-corrected chi connectivity index (χ0v) is 8.94. The number of carbonyl (C=O) groups excluding carboxylic acids is 1. The first-order valence-corrected chi connectivity index (χ1v) is 4.80. The molecule has 100 valence electrons. The Labute approximate surface area is 99.0 Å². The third-order valence-electron chi connectivity index (χ3n) is 1.82. The molecule has 0 aliphatic heterocycles. The summed E-state index contributed by atoms with van der Waals surface area (Å²) in [5.41, 5.74) is -0.296. The fourth-order valence-electron chi connectivity index (χ4n) is 1.10. The van der Waals surface area contributed by atoms with Crippen LogP contribution in [0.15, 0.2) is 18.2 Å². The highest BCUT2D eigenvalue weighted by Gasteiger charge is 2.26. The van der Waals surface area contributed by atoms with Crippen LogP contribution < -0.4 is 10.6 Å². The van der Waals surface area contributed by atoms with Crippen LogP contribution in [-0.4, -0.2) is 25.2 Å². The van der Waals surface area contributed by atoms with Crippen molar-refractivity contribution in [3.05, 3.63) is 29.8 Å². The molecule has 0 atom stereocenters. The number of hydrogen-bond acceptors (Lipinski definition) is 2. The summed E-state index contributed by atoms with van der Waals surface area (Å²) < 4.78 is 60.8. The quantitative estimate of drug-likeness (QED) is 0.821. The molecule has 0 saturated heterocycles.